The fraction of sp³-hybridized carbons (Fsp3) is 0.737. The minimum absolute atomic E-state index is 0.0168. The number of hydrogen-bond acceptors (Lipinski definition) is 6. The van der Waals surface area contributed by atoms with E-state index in [4.69, 9.17) is 19.2 Å². The van der Waals surface area contributed by atoms with E-state index in [-0.39, 0.29) is 18.1 Å². The molecule has 1 amide bonds. The van der Waals surface area contributed by atoms with Crippen molar-refractivity contribution in [1.29, 1.82) is 0 Å². The highest BCUT2D eigenvalue weighted by Gasteiger charge is 2.46. The number of ether oxygens (including phenoxy) is 1. The Balaban J connectivity index is 0.000000318. The highest BCUT2D eigenvalue weighted by molar-refractivity contribution is 5.92. The van der Waals surface area contributed by atoms with Gasteiger partial charge in [0, 0.05) is 44.6 Å². The standard InChI is InChI=1S/C17H25N3O3.C2HF3O2/c1-3-19-9-12-14(10-19)20(7-6-15(12)22-2)17(21)13-8-16(23-18-13)11-4-5-11;3-2(4,5)1(6)7/h8,11-12,14-15H,3-7,9-10H2,1-2H3;(H,6,7)/t12-,14+,15+;/m0./s1. The third-order valence-corrected chi connectivity index (χ3v) is 5.92. The van der Waals surface area contributed by atoms with Crippen LogP contribution in [-0.2, 0) is 9.53 Å². The second-order valence-electron chi connectivity index (χ2n) is 7.84. The van der Waals surface area contributed by atoms with Gasteiger partial charge in [0.05, 0.1) is 12.1 Å². The van der Waals surface area contributed by atoms with Crippen molar-refractivity contribution in [2.24, 2.45) is 5.92 Å². The molecule has 3 heterocycles. The maximum absolute atomic E-state index is 12.9. The van der Waals surface area contributed by atoms with Crippen molar-refractivity contribution >= 4 is 11.9 Å². The zero-order valence-electron chi connectivity index (χ0n) is 16.9. The molecule has 1 saturated carbocycles. The van der Waals surface area contributed by atoms with Gasteiger partial charge in [-0.2, -0.15) is 13.2 Å². The Hall–Kier alpha value is -2.14. The minimum Gasteiger partial charge on any atom is -0.475 e. The summed E-state index contributed by atoms with van der Waals surface area (Å²) in [6, 6.07) is 2.08. The lowest BCUT2D eigenvalue weighted by molar-refractivity contribution is -0.192. The Bertz CT molecular complexity index is 765. The number of likely N-dealkylation sites (tertiary alicyclic amines) is 2. The molecule has 1 aromatic rings. The van der Waals surface area contributed by atoms with E-state index in [0.29, 0.717) is 17.5 Å². The van der Waals surface area contributed by atoms with Gasteiger partial charge in [-0.3, -0.25) is 4.79 Å². The van der Waals surface area contributed by atoms with Crippen LogP contribution < -0.4 is 0 Å². The first kappa shape index (κ1) is 22.5. The van der Waals surface area contributed by atoms with Crippen LogP contribution >= 0.6 is 0 Å². The molecular weight excluding hydrogens is 407 g/mol. The van der Waals surface area contributed by atoms with Crippen molar-refractivity contribution in [3.05, 3.63) is 17.5 Å². The second-order valence-corrected chi connectivity index (χ2v) is 7.84. The van der Waals surface area contributed by atoms with Crippen LogP contribution in [0.4, 0.5) is 13.2 Å². The Kier molecular flexibility index (Phi) is 6.71. The summed E-state index contributed by atoms with van der Waals surface area (Å²) in [6.45, 7) is 5.86. The molecular formula is C19H26F3N3O5. The molecule has 0 aromatic carbocycles. The molecule has 0 bridgehead atoms. The van der Waals surface area contributed by atoms with E-state index in [1.165, 1.54) is 0 Å². The van der Waals surface area contributed by atoms with Crippen molar-refractivity contribution in [3.63, 3.8) is 0 Å². The van der Waals surface area contributed by atoms with E-state index in [2.05, 4.69) is 17.0 Å². The molecule has 3 fully saturated rings. The summed E-state index contributed by atoms with van der Waals surface area (Å²) in [6.07, 6.45) is -1.63. The number of carboxylic acids is 1. The van der Waals surface area contributed by atoms with Crippen molar-refractivity contribution in [2.45, 2.75) is 50.4 Å². The second kappa shape index (κ2) is 8.93. The third-order valence-electron chi connectivity index (χ3n) is 5.92. The van der Waals surface area contributed by atoms with Crippen LogP contribution in [0.1, 0.15) is 48.4 Å². The molecule has 3 atom stereocenters. The number of carboxylic acid groups (broad SMARTS) is 1. The average molecular weight is 433 g/mol. The topological polar surface area (TPSA) is 96.1 Å². The summed E-state index contributed by atoms with van der Waals surface area (Å²) >= 11 is 0. The Morgan fingerprint density at radius 1 is 1.30 bits per heavy atom. The van der Waals surface area contributed by atoms with Gasteiger partial charge in [0.2, 0.25) is 0 Å². The molecule has 1 aliphatic carbocycles. The number of piperidine rings is 1. The molecule has 0 unspecified atom stereocenters. The number of carbonyl (C=O) groups is 2. The summed E-state index contributed by atoms with van der Waals surface area (Å²) in [5.41, 5.74) is 0.469. The number of halogens is 3. The molecule has 1 aromatic heterocycles. The smallest absolute Gasteiger partial charge is 0.475 e. The Labute approximate surface area is 171 Å². The summed E-state index contributed by atoms with van der Waals surface area (Å²) in [4.78, 5) is 26.2. The van der Waals surface area contributed by atoms with Crippen LogP contribution in [0.25, 0.3) is 0 Å². The molecule has 0 radical (unpaired) electrons. The number of hydrogen-bond donors (Lipinski definition) is 1. The zero-order valence-corrected chi connectivity index (χ0v) is 16.9. The molecule has 1 N–H and O–H groups in total. The van der Waals surface area contributed by atoms with Crippen molar-refractivity contribution in [3.8, 4) is 0 Å². The first-order valence-electron chi connectivity index (χ1n) is 9.98. The predicted molar refractivity (Wildman–Crippen MR) is 98.0 cm³/mol. The molecule has 30 heavy (non-hydrogen) atoms. The van der Waals surface area contributed by atoms with Crippen LogP contribution in [0.15, 0.2) is 10.6 Å². The van der Waals surface area contributed by atoms with Gasteiger partial charge in [-0.05, 0) is 25.8 Å². The summed E-state index contributed by atoms with van der Waals surface area (Å²) in [5, 5.41) is 11.2. The summed E-state index contributed by atoms with van der Waals surface area (Å²) in [5.74, 6) is -0.987. The number of methoxy groups -OCH3 is 1. The van der Waals surface area contributed by atoms with E-state index in [9.17, 15) is 18.0 Å². The number of aliphatic carboxylic acids is 1. The predicted octanol–water partition coefficient (Wildman–Crippen LogP) is 2.37. The highest BCUT2D eigenvalue weighted by Crippen LogP contribution is 2.40. The average Bonchev–Trinajstić information content (AvgIpc) is 3.27. The number of likely N-dealkylation sites (N-methyl/N-ethyl adjacent to an activating group) is 1. The molecule has 2 aliphatic heterocycles. The minimum atomic E-state index is -5.08. The number of amides is 1. The molecule has 168 valence electrons. The van der Waals surface area contributed by atoms with Gasteiger partial charge in [0.25, 0.3) is 5.91 Å². The lowest BCUT2D eigenvalue weighted by Crippen LogP contribution is -2.53. The van der Waals surface area contributed by atoms with Crippen molar-refractivity contribution in [2.75, 3.05) is 33.3 Å². The van der Waals surface area contributed by atoms with Gasteiger partial charge in [0.15, 0.2) is 5.69 Å². The largest absolute Gasteiger partial charge is 0.490 e. The molecule has 11 heteroatoms. The van der Waals surface area contributed by atoms with Gasteiger partial charge in [-0.1, -0.05) is 12.1 Å². The highest BCUT2D eigenvalue weighted by atomic mass is 19.4. The van der Waals surface area contributed by atoms with E-state index in [1.54, 1.807) is 7.11 Å². The van der Waals surface area contributed by atoms with E-state index in [1.807, 2.05) is 11.0 Å². The first-order chi connectivity index (χ1) is 14.2. The van der Waals surface area contributed by atoms with Crippen LogP contribution in [0.2, 0.25) is 0 Å². The SMILES string of the molecule is CCN1C[C@H]2[C@@H](C1)N(C(=O)c1cc(C3CC3)on1)CC[C@H]2OC.O=C(O)C(F)(F)F. The third kappa shape index (κ3) is 4.94. The number of rotatable bonds is 4. The van der Waals surface area contributed by atoms with E-state index in [0.717, 1.165) is 51.2 Å². The number of fused-ring (bicyclic) bond motifs is 1. The monoisotopic (exact) mass is 433 g/mol. The number of alkyl halides is 3. The fourth-order valence-electron chi connectivity index (χ4n) is 4.14. The van der Waals surface area contributed by atoms with Crippen molar-refractivity contribution in [1.82, 2.24) is 15.0 Å². The van der Waals surface area contributed by atoms with E-state index < -0.39 is 12.1 Å². The number of aromatic nitrogens is 1. The van der Waals surface area contributed by atoms with Gasteiger partial charge >= 0.3 is 12.1 Å². The molecule has 8 nitrogen and oxygen atoms in total. The Morgan fingerprint density at radius 3 is 2.50 bits per heavy atom. The van der Waals surface area contributed by atoms with Gasteiger partial charge in [0.1, 0.15) is 5.76 Å². The number of nitrogens with zero attached hydrogens (tertiary/aromatic N) is 3. The normalized spacial score (nSPS) is 26.7. The fourth-order valence-corrected chi connectivity index (χ4v) is 4.14. The lowest BCUT2D eigenvalue weighted by Gasteiger charge is -2.40. The van der Waals surface area contributed by atoms with Crippen LogP contribution in [0.5, 0.6) is 0 Å². The van der Waals surface area contributed by atoms with Crippen LogP contribution in [-0.4, -0.2) is 83.6 Å². The van der Waals surface area contributed by atoms with Gasteiger partial charge in [-0.15, -0.1) is 0 Å². The molecule has 3 aliphatic rings. The molecule has 2 saturated heterocycles. The summed E-state index contributed by atoms with van der Waals surface area (Å²) < 4.78 is 42.8. The van der Waals surface area contributed by atoms with Crippen LogP contribution in [0, 0.1) is 5.92 Å². The zero-order chi connectivity index (χ0) is 22.1. The summed E-state index contributed by atoms with van der Waals surface area (Å²) in [7, 11) is 1.79. The molecule has 4 rings (SSSR count). The van der Waals surface area contributed by atoms with Gasteiger partial charge < -0.3 is 24.2 Å². The number of carbonyl (C=O) groups excluding carboxylic acids is 1. The van der Waals surface area contributed by atoms with Gasteiger partial charge in [-0.25, -0.2) is 4.79 Å². The maximum atomic E-state index is 12.9. The molecule has 0 spiro atoms. The Morgan fingerprint density at radius 2 is 1.97 bits per heavy atom. The maximum Gasteiger partial charge on any atom is 0.490 e. The lowest BCUT2D eigenvalue weighted by atomic mass is 9.88. The first-order valence-corrected chi connectivity index (χ1v) is 9.98. The van der Waals surface area contributed by atoms with Crippen molar-refractivity contribution < 1.29 is 37.1 Å². The van der Waals surface area contributed by atoms with Crippen LogP contribution in [0.3, 0.4) is 0 Å². The quantitative estimate of drug-likeness (QED) is 0.779. The van der Waals surface area contributed by atoms with E-state index >= 15 is 0 Å².